The summed E-state index contributed by atoms with van der Waals surface area (Å²) in [6, 6.07) is -0.146. The van der Waals surface area contributed by atoms with Gasteiger partial charge in [-0.1, -0.05) is 6.08 Å². The van der Waals surface area contributed by atoms with Crippen LogP contribution in [0.15, 0.2) is 11.6 Å². The summed E-state index contributed by atoms with van der Waals surface area (Å²) in [5, 5.41) is 0. The molecule has 0 spiro atoms. The van der Waals surface area contributed by atoms with E-state index in [-0.39, 0.29) is 11.8 Å². The lowest BCUT2D eigenvalue weighted by molar-refractivity contribution is -0.124. The number of nitrogens with two attached hydrogens (primary N) is 1. The first-order chi connectivity index (χ1) is 7.14. The molecule has 84 valence electrons. The third-order valence-electron chi connectivity index (χ3n) is 3.62. The van der Waals surface area contributed by atoms with Gasteiger partial charge in [0.1, 0.15) is 0 Å². The van der Waals surface area contributed by atoms with E-state index in [1.165, 1.54) is 6.42 Å². The molecule has 3 heteroatoms. The standard InChI is InChI=1S/C12H19NO2/c1-12(8-15-7-10(12)13)11(14)9-5-3-2-4-6-9/h5,10H,2-4,6-8,13H2,1H3. The minimum Gasteiger partial charge on any atom is -0.379 e. The molecule has 1 saturated heterocycles. The monoisotopic (exact) mass is 209 g/mol. The van der Waals surface area contributed by atoms with E-state index in [9.17, 15) is 4.79 Å². The van der Waals surface area contributed by atoms with Crippen LogP contribution in [0.5, 0.6) is 0 Å². The maximum absolute atomic E-state index is 12.3. The van der Waals surface area contributed by atoms with Crippen molar-refractivity contribution in [1.82, 2.24) is 0 Å². The summed E-state index contributed by atoms with van der Waals surface area (Å²) in [6.45, 7) is 2.92. The molecular weight excluding hydrogens is 190 g/mol. The summed E-state index contributed by atoms with van der Waals surface area (Å²) in [4.78, 5) is 12.3. The lowest BCUT2D eigenvalue weighted by Gasteiger charge is -2.27. The molecule has 2 N–H and O–H groups in total. The molecule has 2 atom stereocenters. The molecule has 1 fully saturated rings. The molecule has 2 rings (SSSR count). The Morgan fingerprint density at radius 3 is 2.93 bits per heavy atom. The highest BCUT2D eigenvalue weighted by atomic mass is 16.5. The Hall–Kier alpha value is -0.670. The van der Waals surface area contributed by atoms with Gasteiger partial charge < -0.3 is 10.5 Å². The first-order valence-corrected chi connectivity index (χ1v) is 5.72. The molecule has 0 radical (unpaired) electrons. The second-order valence-corrected chi connectivity index (χ2v) is 4.84. The van der Waals surface area contributed by atoms with Gasteiger partial charge in [-0.05, 0) is 38.2 Å². The van der Waals surface area contributed by atoms with Crippen molar-refractivity contribution < 1.29 is 9.53 Å². The van der Waals surface area contributed by atoms with E-state index < -0.39 is 5.41 Å². The van der Waals surface area contributed by atoms with Gasteiger partial charge in [0.2, 0.25) is 0 Å². The number of carbonyl (C=O) groups is 1. The Bertz CT molecular complexity index is 298. The average molecular weight is 209 g/mol. The highest BCUT2D eigenvalue weighted by molar-refractivity contribution is 6.00. The maximum Gasteiger partial charge on any atom is 0.168 e. The Balaban J connectivity index is 2.16. The minimum atomic E-state index is -0.483. The van der Waals surface area contributed by atoms with E-state index in [4.69, 9.17) is 10.5 Å². The summed E-state index contributed by atoms with van der Waals surface area (Å²) in [7, 11) is 0. The largest absolute Gasteiger partial charge is 0.379 e. The quantitative estimate of drug-likeness (QED) is 0.748. The van der Waals surface area contributed by atoms with Crippen LogP contribution in [0.3, 0.4) is 0 Å². The Morgan fingerprint density at radius 1 is 1.60 bits per heavy atom. The van der Waals surface area contributed by atoms with Crippen molar-refractivity contribution in [2.24, 2.45) is 11.1 Å². The molecule has 0 saturated carbocycles. The summed E-state index contributed by atoms with van der Waals surface area (Å²) in [5.74, 6) is 0.215. The van der Waals surface area contributed by atoms with E-state index in [0.29, 0.717) is 13.2 Å². The Labute approximate surface area is 90.7 Å². The van der Waals surface area contributed by atoms with Crippen molar-refractivity contribution in [2.45, 2.75) is 38.6 Å². The van der Waals surface area contributed by atoms with Crippen molar-refractivity contribution >= 4 is 5.78 Å². The molecule has 0 aromatic heterocycles. The van der Waals surface area contributed by atoms with E-state index in [0.717, 1.165) is 24.8 Å². The second-order valence-electron chi connectivity index (χ2n) is 4.84. The van der Waals surface area contributed by atoms with Crippen LogP contribution in [-0.2, 0) is 9.53 Å². The lowest BCUT2D eigenvalue weighted by atomic mass is 9.76. The predicted octanol–water partition coefficient (Wildman–Crippen LogP) is 1.42. The number of Topliss-reactive ketones (excluding diaryl/α,β-unsaturated/α-hetero) is 1. The molecule has 0 bridgehead atoms. The molecule has 1 aliphatic heterocycles. The van der Waals surface area contributed by atoms with E-state index >= 15 is 0 Å². The number of ether oxygens (including phenoxy) is 1. The van der Waals surface area contributed by atoms with E-state index in [1.807, 2.05) is 6.92 Å². The van der Waals surface area contributed by atoms with Gasteiger partial charge in [-0.15, -0.1) is 0 Å². The molecule has 0 aromatic carbocycles. The van der Waals surface area contributed by atoms with Crippen molar-refractivity contribution in [3.63, 3.8) is 0 Å². The Morgan fingerprint density at radius 2 is 2.40 bits per heavy atom. The molecular formula is C12H19NO2. The summed E-state index contributed by atoms with van der Waals surface area (Å²) in [6.07, 6.45) is 6.37. The van der Waals surface area contributed by atoms with Crippen molar-refractivity contribution in [3.8, 4) is 0 Å². The number of ketones is 1. The van der Waals surface area contributed by atoms with Gasteiger partial charge >= 0.3 is 0 Å². The highest BCUT2D eigenvalue weighted by Crippen LogP contribution is 2.33. The average Bonchev–Trinajstić information content (AvgIpc) is 2.61. The fourth-order valence-electron chi connectivity index (χ4n) is 2.33. The SMILES string of the molecule is CC1(C(=O)C2=CCCCC2)COCC1N. The van der Waals surface area contributed by atoms with Gasteiger partial charge in [-0.25, -0.2) is 0 Å². The van der Waals surface area contributed by atoms with Crippen molar-refractivity contribution in [1.29, 1.82) is 0 Å². The topological polar surface area (TPSA) is 52.3 Å². The van der Waals surface area contributed by atoms with Crippen LogP contribution in [-0.4, -0.2) is 25.0 Å². The smallest absolute Gasteiger partial charge is 0.168 e. The Kier molecular flexibility index (Phi) is 2.94. The summed E-state index contributed by atoms with van der Waals surface area (Å²) >= 11 is 0. The molecule has 0 aromatic rings. The first kappa shape index (κ1) is 10.8. The normalized spacial score (nSPS) is 36.4. The van der Waals surface area contributed by atoms with Crippen molar-refractivity contribution in [3.05, 3.63) is 11.6 Å². The maximum atomic E-state index is 12.3. The van der Waals surface area contributed by atoms with Crippen LogP contribution in [0.25, 0.3) is 0 Å². The van der Waals surface area contributed by atoms with Crippen LogP contribution in [0.1, 0.15) is 32.6 Å². The van der Waals surface area contributed by atoms with E-state index in [1.54, 1.807) is 0 Å². The third-order valence-corrected chi connectivity index (χ3v) is 3.62. The van der Waals surface area contributed by atoms with Crippen LogP contribution in [0, 0.1) is 5.41 Å². The van der Waals surface area contributed by atoms with Gasteiger partial charge in [-0.3, -0.25) is 4.79 Å². The number of hydrogen-bond donors (Lipinski definition) is 1. The van der Waals surface area contributed by atoms with E-state index in [2.05, 4.69) is 6.08 Å². The third kappa shape index (κ3) is 1.86. The van der Waals surface area contributed by atoms with Gasteiger partial charge in [0.05, 0.1) is 18.6 Å². The van der Waals surface area contributed by atoms with Crippen LogP contribution < -0.4 is 5.73 Å². The number of allylic oxidation sites excluding steroid dienone is 2. The summed E-state index contributed by atoms with van der Waals surface area (Å²) in [5.41, 5.74) is 6.44. The molecule has 1 aliphatic carbocycles. The second kappa shape index (κ2) is 4.06. The number of carbonyl (C=O) groups excluding carboxylic acids is 1. The minimum absolute atomic E-state index is 0.146. The molecule has 2 unspecified atom stereocenters. The van der Waals surface area contributed by atoms with Gasteiger partial charge in [-0.2, -0.15) is 0 Å². The van der Waals surface area contributed by atoms with Crippen LogP contribution in [0.2, 0.25) is 0 Å². The van der Waals surface area contributed by atoms with Gasteiger partial charge in [0.25, 0.3) is 0 Å². The fraction of sp³-hybridized carbons (Fsp3) is 0.750. The molecule has 15 heavy (non-hydrogen) atoms. The summed E-state index contributed by atoms with van der Waals surface area (Å²) < 4.78 is 5.31. The zero-order valence-electron chi connectivity index (χ0n) is 9.29. The van der Waals surface area contributed by atoms with Gasteiger partial charge in [0, 0.05) is 6.04 Å². The fourth-order valence-corrected chi connectivity index (χ4v) is 2.33. The van der Waals surface area contributed by atoms with Crippen LogP contribution >= 0.6 is 0 Å². The zero-order valence-corrected chi connectivity index (χ0v) is 9.29. The lowest BCUT2D eigenvalue weighted by Crippen LogP contribution is -2.45. The van der Waals surface area contributed by atoms with Crippen LogP contribution in [0.4, 0.5) is 0 Å². The molecule has 3 nitrogen and oxygen atoms in total. The predicted molar refractivity (Wildman–Crippen MR) is 58.5 cm³/mol. The zero-order chi connectivity index (χ0) is 10.9. The van der Waals surface area contributed by atoms with Gasteiger partial charge in [0.15, 0.2) is 5.78 Å². The molecule has 0 amide bonds. The first-order valence-electron chi connectivity index (χ1n) is 5.72. The number of hydrogen-bond acceptors (Lipinski definition) is 3. The molecule has 2 aliphatic rings. The molecule has 1 heterocycles. The highest BCUT2D eigenvalue weighted by Gasteiger charge is 2.44. The number of rotatable bonds is 2. The van der Waals surface area contributed by atoms with Crippen molar-refractivity contribution in [2.75, 3.05) is 13.2 Å².